The second-order valence-corrected chi connectivity index (χ2v) is 5.28. The zero-order valence-corrected chi connectivity index (χ0v) is 11.3. The molecule has 0 saturated carbocycles. The minimum absolute atomic E-state index is 0.941. The van der Waals surface area contributed by atoms with Gasteiger partial charge in [0.25, 0.3) is 0 Å². The fraction of sp³-hybridized carbons (Fsp3) is 0.214. The van der Waals surface area contributed by atoms with Crippen LogP contribution in [0.15, 0.2) is 54.3 Å². The molecule has 96 valence electrons. The molecule has 0 unspecified atom stereocenters. The molecule has 0 saturated heterocycles. The monoisotopic (exact) mass is 270 g/mol. The van der Waals surface area contributed by atoms with Crippen molar-refractivity contribution in [3.63, 3.8) is 0 Å². The first-order chi connectivity index (χ1) is 9.43. The van der Waals surface area contributed by atoms with Gasteiger partial charge in [-0.3, -0.25) is 4.98 Å². The van der Waals surface area contributed by atoms with Gasteiger partial charge in [0.1, 0.15) is 5.03 Å². The van der Waals surface area contributed by atoms with Gasteiger partial charge in [-0.05, 0) is 36.3 Å². The number of imidazole rings is 1. The fourth-order valence-corrected chi connectivity index (χ4v) is 2.83. The van der Waals surface area contributed by atoms with Crippen molar-refractivity contribution in [2.45, 2.75) is 17.9 Å². The molecule has 0 radical (unpaired) electrons. The smallest absolute Gasteiger partial charge is 0.169 e. The van der Waals surface area contributed by atoms with Gasteiger partial charge in [0.15, 0.2) is 5.65 Å². The van der Waals surface area contributed by atoms with E-state index in [2.05, 4.69) is 27.1 Å². The molecular formula is C14H14N4S. The van der Waals surface area contributed by atoms with E-state index >= 15 is 0 Å². The normalized spacial score (nSPS) is 10.9. The molecule has 0 aliphatic rings. The Hall–Kier alpha value is -1.88. The lowest BCUT2D eigenvalue weighted by molar-refractivity contribution is 0.925. The second-order valence-electron chi connectivity index (χ2n) is 4.20. The average Bonchev–Trinajstić information content (AvgIpc) is 2.94. The van der Waals surface area contributed by atoms with Crippen molar-refractivity contribution in [3.05, 3.63) is 54.9 Å². The number of aromatic nitrogens is 4. The van der Waals surface area contributed by atoms with Crippen LogP contribution in [0.3, 0.4) is 0 Å². The highest BCUT2D eigenvalue weighted by molar-refractivity contribution is 7.99. The third-order valence-corrected chi connectivity index (χ3v) is 3.93. The van der Waals surface area contributed by atoms with E-state index in [4.69, 9.17) is 0 Å². The van der Waals surface area contributed by atoms with Crippen LogP contribution in [0.5, 0.6) is 0 Å². The van der Waals surface area contributed by atoms with Crippen LogP contribution in [0, 0.1) is 0 Å². The molecule has 0 spiro atoms. The van der Waals surface area contributed by atoms with Gasteiger partial charge in [-0.25, -0.2) is 9.97 Å². The lowest BCUT2D eigenvalue weighted by Crippen LogP contribution is -1.92. The first-order valence-electron chi connectivity index (χ1n) is 6.23. The van der Waals surface area contributed by atoms with E-state index in [1.807, 2.05) is 35.4 Å². The first kappa shape index (κ1) is 12.2. The molecular weight excluding hydrogens is 256 g/mol. The van der Waals surface area contributed by atoms with Crippen LogP contribution in [-0.2, 0) is 6.42 Å². The van der Waals surface area contributed by atoms with E-state index in [1.54, 1.807) is 18.0 Å². The van der Waals surface area contributed by atoms with Crippen LogP contribution in [0.1, 0.15) is 12.0 Å². The molecule has 3 aromatic heterocycles. The van der Waals surface area contributed by atoms with Gasteiger partial charge < -0.3 is 4.40 Å². The Bertz CT molecular complexity index is 651. The summed E-state index contributed by atoms with van der Waals surface area (Å²) in [4.78, 5) is 12.7. The summed E-state index contributed by atoms with van der Waals surface area (Å²) in [6.07, 6.45) is 13.4. The number of thioether (sulfide) groups is 1. The van der Waals surface area contributed by atoms with Gasteiger partial charge in [-0.2, -0.15) is 0 Å². The lowest BCUT2D eigenvalue weighted by atomic mass is 10.2. The third kappa shape index (κ3) is 2.93. The van der Waals surface area contributed by atoms with Crippen LogP contribution in [0.25, 0.3) is 5.65 Å². The van der Waals surface area contributed by atoms with Gasteiger partial charge in [0, 0.05) is 37.2 Å². The molecule has 0 fully saturated rings. The zero-order chi connectivity index (χ0) is 12.9. The first-order valence-corrected chi connectivity index (χ1v) is 7.21. The second kappa shape index (κ2) is 5.84. The maximum atomic E-state index is 4.39. The summed E-state index contributed by atoms with van der Waals surface area (Å²) in [5.41, 5.74) is 2.28. The predicted molar refractivity (Wildman–Crippen MR) is 76.3 cm³/mol. The summed E-state index contributed by atoms with van der Waals surface area (Å²) in [6, 6.07) is 4.14. The number of rotatable bonds is 5. The van der Waals surface area contributed by atoms with Gasteiger partial charge >= 0.3 is 0 Å². The molecule has 0 aromatic carbocycles. The summed E-state index contributed by atoms with van der Waals surface area (Å²) in [5, 5.41) is 1.00. The molecule has 3 aromatic rings. The number of hydrogen-bond acceptors (Lipinski definition) is 4. The average molecular weight is 270 g/mol. The maximum Gasteiger partial charge on any atom is 0.169 e. The van der Waals surface area contributed by atoms with Gasteiger partial charge in [0.2, 0.25) is 0 Å². The molecule has 4 nitrogen and oxygen atoms in total. The molecule has 5 heteroatoms. The van der Waals surface area contributed by atoms with E-state index in [0.717, 1.165) is 29.3 Å². The summed E-state index contributed by atoms with van der Waals surface area (Å²) in [5.74, 6) is 1.04. The molecule has 3 heterocycles. The summed E-state index contributed by atoms with van der Waals surface area (Å²) in [7, 11) is 0. The summed E-state index contributed by atoms with van der Waals surface area (Å²) >= 11 is 1.76. The standard InChI is InChI=1S/C14H14N4S/c1(2-12-3-5-15-6-4-12)11-19-14-13-16-7-9-18(13)10-8-17-14/h3-10H,1-2,11H2. The highest BCUT2D eigenvalue weighted by atomic mass is 32.2. The van der Waals surface area contributed by atoms with Gasteiger partial charge in [-0.1, -0.05) is 0 Å². The Kier molecular flexibility index (Phi) is 3.74. The molecule has 19 heavy (non-hydrogen) atoms. The van der Waals surface area contributed by atoms with Crippen molar-refractivity contribution in [3.8, 4) is 0 Å². The summed E-state index contributed by atoms with van der Waals surface area (Å²) < 4.78 is 2.00. The SMILES string of the molecule is c1cc(CCCSc2nccn3ccnc23)ccn1. The Morgan fingerprint density at radius 2 is 1.79 bits per heavy atom. The van der Waals surface area contributed by atoms with E-state index in [0.29, 0.717) is 0 Å². The highest BCUT2D eigenvalue weighted by Gasteiger charge is 2.04. The van der Waals surface area contributed by atoms with E-state index in [9.17, 15) is 0 Å². The van der Waals surface area contributed by atoms with Crippen LogP contribution in [0.2, 0.25) is 0 Å². The number of hydrogen-bond donors (Lipinski definition) is 0. The van der Waals surface area contributed by atoms with Crippen molar-refractivity contribution in [2.24, 2.45) is 0 Å². The lowest BCUT2D eigenvalue weighted by Gasteiger charge is -2.03. The summed E-state index contributed by atoms with van der Waals surface area (Å²) in [6.45, 7) is 0. The molecule has 0 aliphatic carbocycles. The van der Waals surface area contributed by atoms with Crippen molar-refractivity contribution in [1.82, 2.24) is 19.4 Å². The molecule has 3 rings (SSSR count). The van der Waals surface area contributed by atoms with Gasteiger partial charge in [0.05, 0.1) is 0 Å². The third-order valence-electron chi connectivity index (χ3n) is 2.88. The Morgan fingerprint density at radius 3 is 2.63 bits per heavy atom. The highest BCUT2D eigenvalue weighted by Crippen LogP contribution is 2.20. The van der Waals surface area contributed by atoms with Crippen LogP contribution in [0.4, 0.5) is 0 Å². The molecule has 0 atom stereocenters. The van der Waals surface area contributed by atoms with Crippen molar-refractivity contribution in [1.29, 1.82) is 0 Å². The van der Waals surface area contributed by atoms with Gasteiger partial charge in [-0.15, -0.1) is 11.8 Å². The van der Waals surface area contributed by atoms with E-state index in [-0.39, 0.29) is 0 Å². The minimum Gasteiger partial charge on any atom is -0.303 e. The zero-order valence-electron chi connectivity index (χ0n) is 10.4. The largest absolute Gasteiger partial charge is 0.303 e. The number of aryl methyl sites for hydroxylation is 1. The maximum absolute atomic E-state index is 4.39. The molecule has 0 bridgehead atoms. The van der Waals surface area contributed by atoms with E-state index in [1.165, 1.54) is 5.56 Å². The molecule has 0 aliphatic heterocycles. The van der Waals surface area contributed by atoms with Crippen molar-refractivity contribution in [2.75, 3.05) is 5.75 Å². The Labute approximate surface area is 115 Å². The van der Waals surface area contributed by atoms with Crippen molar-refractivity contribution < 1.29 is 0 Å². The Balaban J connectivity index is 1.57. The number of pyridine rings is 1. The number of nitrogens with zero attached hydrogens (tertiary/aromatic N) is 4. The van der Waals surface area contributed by atoms with Crippen LogP contribution >= 0.6 is 11.8 Å². The quantitative estimate of drug-likeness (QED) is 0.528. The number of fused-ring (bicyclic) bond motifs is 1. The minimum atomic E-state index is 0.941. The van der Waals surface area contributed by atoms with Crippen LogP contribution < -0.4 is 0 Å². The Morgan fingerprint density at radius 1 is 1.00 bits per heavy atom. The van der Waals surface area contributed by atoms with Crippen LogP contribution in [-0.4, -0.2) is 25.1 Å². The van der Waals surface area contributed by atoms with Crippen molar-refractivity contribution >= 4 is 17.4 Å². The van der Waals surface area contributed by atoms with E-state index < -0.39 is 0 Å². The molecule has 0 N–H and O–H groups in total. The molecule has 0 amide bonds. The fourth-order valence-electron chi connectivity index (χ4n) is 1.93. The topological polar surface area (TPSA) is 43.1 Å². The predicted octanol–water partition coefficient (Wildman–Crippen LogP) is 2.85.